The molecule has 1 fully saturated rings. The van der Waals surface area contributed by atoms with E-state index in [1.807, 2.05) is 0 Å². The Labute approximate surface area is 127 Å². The summed E-state index contributed by atoms with van der Waals surface area (Å²) in [6.07, 6.45) is 10.5. The van der Waals surface area contributed by atoms with Crippen LogP contribution in [0.4, 0.5) is 0 Å². The summed E-state index contributed by atoms with van der Waals surface area (Å²) in [6.45, 7) is 13.9. The fourth-order valence-corrected chi connectivity index (χ4v) is 3.90. The first-order valence-electron chi connectivity index (χ1n) is 8.84. The Morgan fingerprint density at radius 1 is 1.05 bits per heavy atom. The number of unbranched alkanes of at least 4 members (excludes halogenated alkanes) is 2. The van der Waals surface area contributed by atoms with E-state index in [-0.39, 0.29) is 5.54 Å². The van der Waals surface area contributed by atoms with E-state index >= 15 is 0 Å². The van der Waals surface area contributed by atoms with Gasteiger partial charge in [-0.2, -0.15) is 0 Å². The predicted octanol–water partition coefficient (Wildman–Crippen LogP) is 4.57. The van der Waals surface area contributed by atoms with Crippen molar-refractivity contribution in [1.29, 1.82) is 0 Å². The van der Waals surface area contributed by atoms with Crippen molar-refractivity contribution in [3.8, 4) is 0 Å². The summed E-state index contributed by atoms with van der Waals surface area (Å²) in [5.74, 6) is 0. The zero-order valence-corrected chi connectivity index (χ0v) is 14.7. The topological polar surface area (TPSA) is 29.3 Å². The van der Waals surface area contributed by atoms with Crippen molar-refractivity contribution in [3.63, 3.8) is 0 Å². The van der Waals surface area contributed by atoms with E-state index in [0.717, 1.165) is 6.54 Å². The second-order valence-corrected chi connectivity index (χ2v) is 7.94. The summed E-state index contributed by atoms with van der Waals surface area (Å²) in [5, 5.41) is 0. The van der Waals surface area contributed by atoms with Crippen molar-refractivity contribution in [3.05, 3.63) is 0 Å². The number of nitrogens with zero attached hydrogens (tertiary/aromatic N) is 1. The zero-order chi connectivity index (χ0) is 15.2. The molecule has 0 aromatic rings. The van der Waals surface area contributed by atoms with Gasteiger partial charge in [0.05, 0.1) is 0 Å². The Hall–Kier alpha value is -0.0800. The molecule has 1 aliphatic rings. The molecule has 2 N–H and O–H groups in total. The molecule has 20 heavy (non-hydrogen) atoms. The van der Waals surface area contributed by atoms with E-state index in [0.29, 0.717) is 11.5 Å². The average molecular weight is 283 g/mol. The molecule has 0 saturated heterocycles. The molecule has 0 aromatic carbocycles. The molecule has 0 aromatic heterocycles. The van der Waals surface area contributed by atoms with Crippen LogP contribution < -0.4 is 5.73 Å². The summed E-state index contributed by atoms with van der Waals surface area (Å²) in [6, 6.07) is 0.608. The van der Waals surface area contributed by atoms with Gasteiger partial charge in [0.25, 0.3) is 0 Å². The lowest BCUT2D eigenvalue weighted by Gasteiger charge is -2.46. The first kappa shape index (κ1) is 18.0. The molecular formula is C18H38N2. The molecule has 0 amide bonds. The van der Waals surface area contributed by atoms with Gasteiger partial charge in [-0.25, -0.2) is 0 Å². The number of hydrogen-bond donors (Lipinski definition) is 1. The number of rotatable bonds is 7. The largest absolute Gasteiger partial charge is 0.329 e. The normalized spacial score (nSPS) is 27.0. The standard InChI is InChI=1S/C18H38N2/c1-6-7-8-14-20(16(2)3)18(15-19)11-9-10-17(4,5)12-13-18/h16H,6-15,19H2,1-5H3. The van der Waals surface area contributed by atoms with Crippen LogP contribution in [-0.4, -0.2) is 29.6 Å². The summed E-state index contributed by atoms with van der Waals surface area (Å²) in [5.41, 5.74) is 7.06. The van der Waals surface area contributed by atoms with E-state index in [1.165, 1.54) is 57.9 Å². The number of nitrogens with two attached hydrogens (primary N) is 1. The quantitative estimate of drug-likeness (QED) is 0.547. The molecule has 0 aliphatic heterocycles. The van der Waals surface area contributed by atoms with E-state index in [2.05, 4.69) is 39.5 Å². The van der Waals surface area contributed by atoms with Gasteiger partial charge in [0, 0.05) is 18.1 Å². The highest BCUT2D eigenvalue weighted by Gasteiger charge is 2.39. The SMILES string of the molecule is CCCCCN(C(C)C)C1(CN)CCCC(C)(C)CC1. The van der Waals surface area contributed by atoms with Crippen molar-refractivity contribution in [2.45, 2.75) is 97.6 Å². The van der Waals surface area contributed by atoms with Crippen molar-refractivity contribution < 1.29 is 0 Å². The van der Waals surface area contributed by atoms with Gasteiger partial charge >= 0.3 is 0 Å². The Bertz CT molecular complexity index is 273. The third-order valence-corrected chi connectivity index (χ3v) is 5.38. The van der Waals surface area contributed by atoms with Gasteiger partial charge in [0.2, 0.25) is 0 Å². The molecule has 2 heteroatoms. The zero-order valence-electron chi connectivity index (χ0n) is 14.7. The third kappa shape index (κ3) is 4.73. The highest BCUT2D eigenvalue weighted by atomic mass is 15.2. The van der Waals surface area contributed by atoms with Crippen LogP contribution in [-0.2, 0) is 0 Å². The van der Waals surface area contributed by atoms with Crippen LogP contribution in [0.25, 0.3) is 0 Å². The van der Waals surface area contributed by atoms with Gasteiger partial charge in [-0.05, 0) is 57.9 Å². The molecule has 1 saturated carbocycles. The van der Waals surface area contributed by atoms with Crippen LogP contribution in [0, 0.1) is 5.41 Å². The van der Waals surface area contributed by atoms with Crippen LogP contribution in [0.5, 0.6) is 0 Å². The van der Waals surface area contributed by atoms with Gasteiger partial charge < -0.3 is 5.73 Å². The molecule has 1 unspecified atom stereocenters. The van der Waals surface area contributed by atoms with Gasteiger partial charge in [-0.15, -0.1) is 0 Å². The van der Waals surface area contributed by atoms with E-state index in [9.17, 15) is 0 Å². The Morgan fingerprint density at radius 2 is 1.75 bits per heavy atom. The van der Waals surface area contributed by atoms with Gasteiger partial charge in [-0.1, -0.05) is 40.0 Å². The summed E-state index contributed by atoms with van der Waals surface area (Å²) < 4.78 is 0. The smallest absolute Gasteiger partial charge is 0.0334 e. The van der Waals surface area contributed by atoms with Crippen molar-refractivity contribution in [2.75, 3.05) is 13.1 Å². The second-order valence-electron chi connectivity index (χ2n) is 7.94. The Balaban J connectivity index is 2.81. The summed E-state index contributed by atoms with van der Waals surface area (Å²) >= 11 is 0. The minimum atomic E-state index is 0.260. The average Bonchev–Trinajstić information content (AvgIpc) is 2.54. The van der Waals surface area contributed by atoms with Gasteiger partial charge in [-0.3, -0.25) is 4.90 Å². The number of hydrogen-bond acceptors (Lipinski definition) is 2. The molecule has 1 aliphatic carbocycles. The molecule has 1 atom stereocenters. The lowest BCUT2D eigenvalue weighted by atomic mass is 9.82. The maximum Gasteiger partial charge on any atom is 0.0334 e. The first-order valence-corrected chi connectivity index (χ1v) is 8.84. The molecule has 1 rings (SSSR count). The first-order chi connectivity index (χ1) is 9.37. The Morgan fingerprint density at radius 3 is 2.30 bits per heavy atom. The molecule has 120 valence electrons. The minimum absolute atomic E-state index is 0.260. The van der Waals surface area contributed by atoms with E-state index in [4.69, 9.17) is 5.73 Å². The summed E-state index contributed by atoms with van der Waals surface area (Å²) in [7, 11) is 0. The maximum absolute atomic E-state index is 6.30. The van der Waals surface area contributed by atoms with Gasteiger partial charge in [0.15, 0.2) is 0 Å². The van der Waals surface area contributed by atoms with Crippen molar-refractivity contribution in [1.82, 2.24) is 4.90 Å². The fourth-order valence-electron chi connectivity index (χ4n) is 3.90. The molecule has 2 nitrogen and oxygen atoms in total. The van der Waals surface area contributed by atoms with Crippen LogP contribution in [0.15, 0.2) is 0 Å². The van der Waals surface area contributed by atoms with E-state index < -0.39 is 0 Å². The predicted molar refractivity (Wildman–Crippen MR) is 90.0 cm³/mol. The van der Waals surface area contributed by atoms with Gasteiger partial charge in [0.1, 0.15) is 0 Å². The van der Waals surface area contributed by atoms with Crippen molar-refractivity contribution in [2.24, 2.45) is 11.1 Å². The lowest BCUT2D eigenvalue weighted by Crippen LogP contribution is -2.56. The lowest BCUT2D eigenvalue weighted by molar-refractivity contribution is 0.0438. The van der Waals surface area contributed by atoms with Crippen LogP contribution in [0.3, 0.4) is 0 Å². The molecule has 0 bridgehead atoms. The van der Waals surface area contributed by atoms with Crippen LogP contribution >= 0.6 is 0 Å². The third-order valence-electron chi connectivity index (χ3n) is 5.38. The summed E-state index contributed by atoms with van der Waals surface area (Å²) in [4.78, 5) is 2.74. The van der Waals surface area contributed by atoms with E-state index in [1.54, 1.807) is 0 Å². The highest BCUT2D eigenvalue weighted by Crippen LogP contribution is 2.41. The van der Waals surface area contributed by atoms with Crippen LogP contribution in [0.1, 0.15) is 86.0 Å². The molecule has 0 radical (unpaired) electrons. The second kappa shape index (κ2) is 7.79. The fraction of sp³-hybridized carbons (Fsp3) is 1.00. The minimum Gasteiger partial charge on any atom is -0.329 e. The maximum atomic E-state index is 6.30. The molecular weight excluding hydrogens is 244 g/mol. The molecule has 0 heterocycles. The molecule has 0 spiro atoms. The highest BCUT2D eigenvalue weighted by molar-refractivity contribution is 4.97. The van der Waals surface area contributed by atoms with Crippen LogP contribution in [0.2, 0.25) is 0 Å². The Kier molecular flexibility index (Phi) is 7.00. The van der Waals surface area contributed by atoms with Crippen molar-refractivity contribution >= 4 is 0 Å². The monoisotopic (exact) mass is 282 g/mol.